The lowest BCUT2D eigenvalue weighted by atomic mass is 10.1. The van der Waals surface area contributed by atoms with Crippen LogP contribution in [0.2, 0.25) is 0 Å². The van der Waals surface area contributed by atoms with Crippen molar-refractivity contribution in [3.05, 3.63) is 41.0 Å². The van der Waals surface area contributed by atoms with Crippen molar-refractivity contribution in [1.82, 2.24) is 5.32 Å². The maximum absolute atomic E-state index is 14.7. The fourth-order valence-corrected chi connectivity index (χ4v) is 3.78. The highest BCUT2D eigenvalue weighted by atomic mass is 32.1. The molecule has 3 rings (SSSR count). The minimum absolute atomic E-state index is 0.187. The van der Waals surface area contributed by atoms with Crippen molar-refractivity contribution in [1.29, 1.82) is 5.41 Å². The summed E-state index contributed by atoms with van der Waals surface area (Å²) in [5, 5.41) is 23.1. The molecule has 0 spiro atoms. The highest BCUT2D eigenvalue weighted by Gasteiger charge is 2.32. The minimum Gasteiger partial charge on any atom is -0.441 e. The van der Waals surface area contributed by atoms with Crippen molar-refractivity contribution < 1.29 is 19.0 Å². The number of benzene rings is 1. The van der Waals surface area contributed by atoms with Gasteiger partial charge in [0.15, 0.2) is 0 Å². The van der Waals surface area contributed by atoms with Gasteiger partial charge in [-0.3, -0.25) is 4.90 Å². The van der Waals surface area contributed by atoms with E-state index in [2.05, 4.69) is 10.4 Å². The Balaban J connectivity index is 1.67. The normalized spacial score (nSPS) is 16.7. The number of carbonyl (C=O) groups is 1. The predicted molar refractivity (Wildman–Crippen MR) is 107 cm³/mol. The van der Waals surface area contributed by atoms with E-state index < -0.39 is 18.0 Å². The molecule has 1 amide bonds. The second-order valence-corrected chi connectivity index (χ2v) is 7.30. The standard InChI is InChI=1S/C18H20FN5O3S/c19-16-5-12(24-9-13(10-25)27-18(24)26)1-3-15(16)17-4-2-14(28-17)8-22-6-11(20)7-23-21/h1-5,7,13,20,22,25H,6,8-10,21H2/t13-/m1/s1. The van der Waals surface area contributed by atoms with Crippen molar-refractivity contribution in [3.63, 3.8) is 0 Å². The van der Waals surface area contributed by atoms with Crippen LogP contribution in [0.1, 0.15) is 4.88 Å². The number of hydrogen-bond acceptors (Lipinski definition) is 8. The summed E-state index contributed by atoms with van der Waals surface area (Å²) in [6.45, 7) is 0.783. The molecule has 1 fully saturated rings. The van der Waals surface area contributed by atoms with Crippen LogP contribution in [0, 0.1) is 11.2 Å². The van der Waals surface area contributed by atoms with Gasteiger partial charge in [-0.15, -0.1) is 11.3 Å². The number of aliphatic hydroxyl groups excluding tert-OH is 1. The second-order valence-electron chi connectivity index (χ2n) is 6.14. The number of rotatable bonds is 8. The first-order chi connectivity index (χ1) is 13.5. The molecule has 148 valence electrons. The zero-order valence-electron chi connectivity index (χ0n) is 14.9. The molecule has 0 radical (unpaired) electrons. The van der Waals surface area contributed by atoms with Crippen LogP contribution < -0.4 is 16.1 Å². The van der Waals surface area contributed by atoms with Crippen LogP contribution in [0.4, 0.5) is 14.9 Å². The predicted octanol–water partition coefficient (Wildman–Crippen LogP) is 1.93. The zero-order chi connectivity index (χ0) is 20.1. The van der Waals surface area contributed by atoms with Crippen LogP contribution in [0.3, 0.4) is 0 Å². The van der Waals surface area contributed by atoms with Gasteiger partial charge in [0, 0.05) is 28.4 Å². The number of thiophene rings is 1. The average molecular weight is 405 g/mol. The van der Waals surface area contributed by atoms with Crippen molar-refractivity contribution in [2.75, 3.05) is 24.6 Å². The van der Waals surface area contributed by atoms with E-state index in [4.69, 9.17) is 21.1 Å². The number of hydrazone groups is 1. The van der Waals surface area contributed by atoms with Crippen molar-refractivity contribution in [2.24, 2.45) is 10.9 Å². The van der Waals surface area contributed by atoms with Gasteiger partial charge < -0.3 is 26.4 Å². The number of nitrogens with zero attached hydrogens (tertiary/aromatic N) is 2. The van der Waals surface area contributed by atoms with Crippen LogP contribution in [0.5, 0.6) is 0 Å². The Hall–Kier alpha value is -2.82. The smallest absolute Gasteiger partial charge is 0.414 e. The third-order valence-electron chi connectivity index (χ3n) is 4.11. The molecule has 0 aliphatic carbocycles. The Kier molecular flexibility index (Phi) is 6.34. The molecular weight excluding hydrogens is 385 g/mol. The number of anilines is 1. The van der Waals surface area contributed by atoms with Crippen LogP contribution in [-0.2, 0) is 11.3 Å². The number of nitrogens with one attached hydrogen (secondary N) is 2. The Labute approximate surface area is 164 Å². The number of amides is 1. The summed E-state index contributed by atoms with van der Waals surface area (Å²) in [6.07, 6.45) is 0.0732. The van der Waals surface area contributed by atoms with E-state index in [0.717, 1.165) is 9.75 Å². The maximum atomic E-state index is 14.7. The third kappa shape index (κ3) is 4.53. The average Bonchev–Trinajstić information content (AvgIpc) is 3.28. The molecule has 1 saturated heterocycles. The molecule has 1 atom stereocenters. The van der Waals surface area contributed by atoms with Crippen molar-refractivity contribution in [3.8, 4) is 10.4 Å². The molecule has 1 aromatic heterocycles. The van der Waals surface area contributed by atoms with E-state index in [9.17, 15) is 9.18 Å². The van der Waals surface area contributed by atoms with Crippen LogP contribution in [-0.4, -0.2) is 48.9 Å². The maximum Gasteiger partial charge on any atom is 0.414 e. The van der Waals surface area contributed by atoms with Crippen LogP contribution in [0.25, 0.3) is 10.4 Å². The number of hydrogen-bond donors (Lipinski definition) is 4. The van der Waals surface area contributed by atoms with Crippen LogP contribution >= 0.6 is 11.3 Å². The number of carbonyl (C=O) groups excluding carboxylic acids is 1. The van der Waals surface area contributed by atoms with Gasteiger partial charge in [-0.2, -0.15) is 5.10 Å². The SMILES string of the molecule is N=C(C=NN)CNCc1ccc(-c2ccc(N3C[C@H](CO)OC3=O)cc2F)s1. The summed E-state index contributed by atoms with van der Waals surface area (Å²) >= 11 is 1.44. The highest BCUT2D eigenvalue weighted by molar-refractivity contribution is 7.15. The summed E-state index contributed by atoms with van der Waals surface area (Å²) < 4.78 is 19.6. The fraction of sp³-hybridized carbons (Fsp3) is 0.278. The summed E-state index contributed by atoms with van der Waals surface area (Å²) in [7, 11) is 0. The van der Waals surface area contributed by atoms with Gasteiger partial charge in [-0.25, -0.2) is 9.18 Å². The second kappa shape index (κ2) is 8.91. The molecule has 10 heteroatoms. The topological polar surface area (TPSA) is 124 Å². The first-order valence-corrected chi connectivity index (χ1v) is 9.32. The van der Waals surface area contributed by atoms with Gasteiger partial charge in [0.05, 0.1) is 30.8 Å². The van der Waals surface area contributed by atoms with Crippen molar-refractivity contribution in [2.45, 2.75) is 12.6 Å². The molecular formula is C18H20FN5O3S. The van der Waals surface area contributed by atoms with E-state index in [0.29, 0.717) is 24.3 Å². The molecule has 8 nitrogen and oxygen atoms in total. The minimum atomic E-state index is -0.597. The van der Waals surface area contributed by atoms with E-state index in [1.165, 1.54) is 28.5 Å². The largest absolute Gasteiger partial charge is 0.441 e. The summed E-state index contributed by atoms with van der Waals surface area (Å²) in [4.78, 5) is 14.9. The lowest BCUT2D eigenvalue weighted by molar-refractivity contribution is 0.0963. The zero-order valence-corrected chi connectivity index (χ0v) is 15.7. The van der Waals surface area contributed by atoms with Crippen molar-refractivity contribution >= 4 is 35.0 Å². The molecule has 5 N–H and O–H groups in total. The Morgan fingerprint density at radius 3 is 3.00 bits per heavy atom. The first-order valence-electron chi connectivity index (χ1n) is 8.51. The van der Waals surface area contributed by atoms with Gasteiger partial charge in [0.25, 0.3) is 0 Å². The number of ether oxygens (including phenoxy) is 1. The lowest BCUT2D eigenvalue weighted by Gasteiger charge is -2.13. The number of cyclic esters (lactones) is 1. The van der Waals surface area contributed by atoms with E-state index in [-0.39, 0.29) is 18.9 Å². The van der Waals surface area contributed by atoms with Crippen LogP contribution in [0.15, 0.2) is 35.4 Å². The molecule has 1 aromatic carbocycles. The molecule has 2 heterocycles. The van der Waals surface area contributed by atoms with Gasteiger partial charge in [0.1, 0.15) is 11.9 Å². The van der Waals surface area contributed by atoms with Gasteiger partial charge in [0.2, 0.25) is 0 Å². The van der Waals surface area contributed by atoms with Gasteiger partial charge in [-0.1, -0.05) is 0 Å². The fourth-order valence-electron chi connectivity index (χ4n) is 2.77. The monoisotopic (exact) mass is 405 g/mol. The van der Waals surface area contributed by atoms with Gasteiger partial charge >= 0.3 is 6.09 Å². The third-order valence-corrected chi connectivity index (χ3v) is 5.23. The number of halogens is 1. The Morgan fingerprint density at radius 2 is 2.32 bits per heavy atom. The van der Waals surface area contributed by atoms with E-state index in [1.54, 1.807) is 12.1 Å². The highest BCUT2D eigenvalue weighted by Crippen LogP contribution is 2.33. The number of nitrogens with two attached hydrogens (primary N) is 1. The Morgan fingerprint density at radius 1 is 1.50 bits per heavy atom. The summed E-state index contributed by atoms with van der Waals surface area (Å²) in [5.41, 5.74) is 1.10. The quantitative estimate of drug-likeness (QED) is 0.303. The van der Waals surface area contributed by atoms with E-state index >= 15 is 0 Å². The molecule has 0 saturated carbocycles. The molecule has 1 aliphatic rings. The molecule has 2 aromatic rings. The lowest BCUT2D eigenvalue weighted by Crippen LogP contribution is -2.25. The van der Waals surface area contributed by atoms with Gasteiger partial charge in [-0.05, 0) is 30.3 Å². The summed E-state index contributed by atoms with van der Waals surface area (Å²) in [6, 6.07) is 8.30. The molecule has 0 unspecified atom stereocenters. The number of aliphatic hydroxyl groups is 1. The van der Waals surface area contributed by atoms with E-state index in [1.807, 2.05) is 12.1 Å². The first kappa shape index (κ1) is 19.9. The molecule has 0 bridgehead atoms. The summed E-state index contributed by atoms with van der Waals surface area (Å²) in [5.74, 6) is 4.55. The Bertz CT molecular complexity index is 901. The molecule has 28 heavy (non-hydrogen) atoms. The molecule has 1 aliphatic heterocycles.